The molecule has 1 amide bonds. The maximum Gasteiger partial charge on any atom is 0.257 e. The molecular weight excluding hydrogens is 410 g/mol. The summed E-state index contributed by atoms with van der Waals surface area (Å²) >= 11 is 12.8. The number of para-hydroxylation sites is 1. The van der Waals surface area contributed by atoms with Crippen LogP contribution in [0.5, 0.6) is 0 Å². The molecule has 1 aromatic heterocycles. The highest BCUT2D eigenvalue weighted by Crippen LogP contribution is 2.30. The van der Waals surface area contributed by atoms with Crippen LogP contribution in [0.2, 0.25) is 5.02 Å². The summed E-state index contributed by atoms with van der Waals surface area (Å²) in [5, 5.41) is 6.97. The topological polar surface area (TPSA) is 54.0 Å². The number of nitrogens with zero attached hydrogens (tertiary/aromatic N) is 1. The lowest BCUT2D eigenvalue weighted by atomic mass is 10.0. The zero-order valence-corrected chi connectivity index (χ0v) is 16.9. The molecule has 0 spiro atoms. The maximum absolute atomic E-state index is 12.4. The Balaban J connectivity index is 1.42. The number of thiocarbonyl (C=S) groups is 1. The monoisotopic (exact) mass is 423 g/mol. The summed E-state index contributed by atoms with van der Waals surface area (Å²) in [6.07, 6.45) is 0. The number of rotatable bonds is 3. The minimum Gasteiger partial charge on any atom is -0.308 e. The molecule has 0 atom stereocenters. The van der Waals surface area contributed by atoms with Crippen molar-refractivity contribution in [3.8, 4) is 11.1 Å². The number of nitrogens with one attached hydrogen (secondary N) is 2. The van der Waals surface area contributed by atoms with Gasteiger partial charge in [0.2, 0.25) is 0 Å². The molecule has 0 aliphatic heterocycles. The first-order chi connectivity index (χ1) is 13.6. The smallest absolute Gasteiger partial charge is 0.257 e. The average molecular weight is 424 g/mol. The fourth-order valence-electron chi connectivity index (χ4n) is 2.72. The Morgan fingerprint density at radius 2 is 1.64 bits per heavy atom. The van der Waals surface area contributed by atoms with Gasteiger partial charge < -0.3 is 5.32 Å². The van der Waals surface area contributed by atoms with E-state index in [-0.39, 0.29) is 11.0 Å². The molecule has 1 heterocycles. The van der Waals surface area contributed by atoms with Gasteiger partial charge in [0, 0.05) is 5.56 Å². The van der Waals surface area contributed by atoms with E-state index >= 15 is 0 Å². The standard InChI is InChI=1S/C21H14ClN3OS2/c22-16-7-4-8-17-18(16)23-21(28-17)25-20(27)24-19(26)15-11-9-14(10-12-15)13-5-2-1-3-6-13/h1-12H,(H2,23,24,25,26,27). The van der Waals surface area contributed by atoms with E-state index in [4.69, 9.17) is 23.8 Å². The van der Waals surface area contributed by atoms with Crippen molar-refractivity contribution in [2.24, 2.45) is 0 Å². The van der Waals surface area contributed by atoms with E-state index < -0.39 is 0 Å². The zero-order valence-electron chi connectivity index (χ0n) is 14.5. The number of benzene rings is 3. The van der Waals surface area contributed by atoms with Crippen LogP contribution in [0, 0.1) is 0 Å². The molecule has 4 nitrogen and oxygen atoms in total. The van der Waals surface area contributed by atoms with Crippen LogP contribution >= 0.6 is 35.2 Å². The van der Waals surface area contributed by atoms with E-state index in [2.05, 4.69) is 15.6 Å². The molecule has 0 aliphatic rings. The van der Waals surface area contributed by atoms with Crippen LogP contribution in [0.25, 0.3) is 21.3 Å². The summed E-state index contributed by atoms with van der Waals surface area (Å²) in [6, 6.07) is 22.9. The number of carbonyl (C=O) groups is 1. The van der Waals surface area contributed by atoms with E-state index in [1.54, 1.807) is 18.2 Å². The second-order valence-electron chi connectivity index (χ2n) is 5.96. The summed E-state index contributed by atoms with van der Waals surface area (Å²) < 4.78 is 0.945. The Morgan fingerprint density at radius 3 is 2.36 bits per heavy atom. The SMILES string of the molecule is O=C(NC(=S)Nc1nc2c(Cl)cccc2s1)c1ccc(-c2ccccc2)cc1. The minimum absolute atomic E-state index is 0.187. The molecule has 138 valence electrons. The molecule has 0 saturated heterocycles. The van der Waals surface area contributed by atoms with Crippen molar-refractivity contribution in [2.45, 2.75) is 0 Å². The highest BCUT2D eigenvalue weighted by molar-refractivity contribution is 7.80. The van der Waals surface area contributed by atoms with Crippen LogP contribution in [0.3, 0.4) is 0 Å². The van der Waals surface area contributed by atoms with Gasteiger partial charge in [-0.05, 0) is 47.6 Å². The molecule has 7 heteroatoms. The Bertz CT molecular complexity index is 1160. The highest BCUT2D eigenvalue weighted by Gasteiger charge is 2.11. The lowest BCUT2D eigenvalue weighted by Crippen LogP contribution is -2.34. The summed E-state index contributed by atoms with van der Waals surface area (Å²) in [5.74, 6) is -0.281. The third-order valence-electron chi connectivity index (χ3n) is 4.07. The second kappa shape index (κ2) is 8.06. The number of amides is 1. The van der Waals surface area contributed by atoms with Crippen molar-refractivity contribution >= 4 is 61.5 Å². The van der Waals surface area contributed by atoms with Gasteiger partial charge in [0.25, 0.3) is 5.91 Å². The number of carbonyl (C=O) groups excluding carboxylic acids is 1. The predicted octanol–water partition coefficient (Wildman–Crippen LogP) is 5.74. The molecule has 0 bridgehead atoms. The van der Waals surface area contributed by atoms with Gasteiger partial charge in [-0.3, -0.25) is 10.1 Å². The van der Waals surface area contributed by atoms with Gasteiger partial charge >= 0.3 is 0 Å². The first-order valence-electron chi connectivity index (χ1n) is 8.43. The molecule has 3 aromatic carbocycles. The Kier molecular flexibility index (Phi) is 5.34. The second-order valence-corrected chi connectivity index (χ2v) is 7.80. The van der Waals surface area contributed by atoms with E-state index in [1.807, 2.05) is 54.6 Å². The Hall–Kier alpha value is -2.80. The van der Waals surface area contributed by atoms with Crippen molar-refractivity contribution < 1.29 is 4.79 Å². The zero-order chi connectivity index (χ0) is 19.5. The van der Waals surface area contributed by atoms with Crippen LogP contribution < -0.4 is 10.6 Å². The van der Waals surface area contributed by atoms with Crippen molar-refractivity contribution in [1.29, 1.82) is 0 Å². The summed E-state index contributed by atoms with van der Waals surface area (Å²) in [6.45, 7) is 0. The molecule has 4 aromatic rings. The van der Waals surface area contributed by atoms with Gasteiger partial charge in [0.05, 0.1) is 9.72 Å². The van der Waals surface area contributed by atoms with Crippen LogP contribution in [0.1, 0.15) is 10.4 Å². The Labute approximate surface area is 176 Å². The van der Waals surface area contributed by atoms with Crippen LogP contribution in [0.4, 0.5) is 5.13 Å². The average Bonchev–Trinajstić information content (AvgIpc) is 3.12. The van der Waals surface area contributed by atoms with Crippen molar-refractivity contribution in [2.75, 3.05) is 5.32 Å². The number of thiazole rings is 1. The van der Waals surface area contributed by atoms with Crippen molar-refractivity contribution in [1.82, 2.24) is 10.3 Å². The number of anilines is 1. The van der Waals surface area contributed by atoms with Gasteiger partial charge in [0.1, 0.15) is 5.52 Å². The molecule has 0 radical (unpaired) electrons. The molecule has 28 heavy (non-hydrogen) atoms. The number of fused-ring (bicyclic) bond motifs is 1. The normalized spacial score (nSPS) is 10.6. The molecule has 2 N–H and O–H groups in total. The van der Waals surface area contributed by atoms with Gasteiger partial charge in [-0.2, -0.15) is 0 Å². The van der Waals surface area contributed by atoms with Gasteiger partial charge in [0.15, 0.2) is 10.2 Å². The summed E-state index contributed by atoms with van der Waals surface area (Å²) in [7, 11) is 0. The van der Waals surface area contributed by atoms with Crippen LogP contribution in [-0.4, -0.2) is 16.0 Å². The lowest BCUT2D eigenvalue weighted by molar-refractivity contribution is 0.0978. The first-order valence-corrected chi connectivity index (χ1v) is 10.0. The highest BCUT2D eigenvalue weighted by atomic mass is 35.5. The lowest BCUT2D eigenvalue weighted by Gasteiger charge is -2.08. The van der Waals surface area contributed by atoms with E-state index in [1.165, 1.54) is 11.3 Å². The van der Waals surface area contributed by atoms with E-state index in [0.29, 0.717) is 21.2 Å². The van der Waals surface area contributed by atoms with E-state index in [0.717, 1.165) is 15.8 Å². The third kappa shape index (κ3) is 4.04. The quantitative estimate of drug-likeness (QED) is 0.412. The van der Waals surface area contributed by atoms with E-state index in [9.17, 15) is 4.79 Å². The summed E-state index contributed by atoms with van der Waals surface area (Å²) in [5.41, 5.74) is 3.38. The minimum atomic E-state index is -0.281. The first kappa shape index (κ1) is 18.6. The fraction of sp³-hybridized carbons (Fsp3) is 0. The van der Waals surface area contributed by atoms with Gasteiger partial charge in [-0.1, -0.05) is 71.5 Å². The molecule has 4 rings (SSSR count). The van der Waals surface area contributed by atoms with Crippen LogP contribution in [0.15, 0.2) is 72.8 Å². The number of halogens is 1. The Morgan fingerprint density at radius 1 is 0.929 bits per heavy atom. The number of hydrogen-bond acceptors (Lipinski definition) is 4. The largest absolute Gasteiger partial charge is 0.308 e. The number of hydrogen-bond donors (Lipinski definition) is 2. The predicted molar refractivity (Wildman–Crippen MR) is 120 cm³/mol. The van der Waals surface area contributed by atoms with Gasteiger partial charge in [-0.25, -0.2) is 4.98 Å². The molecule has 0 saturated carbocycles. The van der Waals surface area contributed by atoms with Crippen molar-refractivity contribution in [3.63, 3.8) is 0 Å². The molecule has 0 unspecified atom stereocenters. The maximum atomic E-state index is 12.4. The van der Waals surface area contributed by atoms with Crippen LogP contribution in [-0.2, 0) is 0 Å². The number of aromatic nitrogens is 1. The molecular formula is C21H14ClN3OS2. The molecule has 0 fully saturated rings. The summed E-state index contributed by atoms with van der Waals surface area (Å²) in [4.78, 5) is 16.9. The third-order valence-corrected chi connectivity index (χ3v) is 5.52. The fourth-order valence-corrected chi connectivity index (χ4v) is 4.14. The molecule has 0 aliphatic carbocycles. The van der Waals surface area contributed by atoms with Gasteiger partial charge in [-0.15, -0.1) is 0 Å². The van der Waals surface area contributed by atoms with Crippen molar-refractivity contribution in [3.05, 3.63) is 83.4 Å².